The molecule has 0 amide bonds. The van der Waals surface area contributed by atoms with Gasteiger partial charge in [0.05, 0.1) is 0 Å². The number of piperazine rings is 1. The number of hydrogen-bond acceptors (Lipinski definition) is 3. The van der Waals surface area contributed by atoms with Crippen LogP contribution in [0.4, 0.5) is 11.4 Å². The zero-order valence-corrected chi connectivity index (χ0v) is 12.5. The molecule has 0 saturated carbocycles. The normalized spacial score (nSPS) is 19.5. The van der Waals surface area contributed by atoms with Gasteiger partial charge in [-0.1, -0.05) is 6.92 Å². The van der Waals surface area contributed by atoms with Crippen molar-refractivity contribution in [3.05, 3.63) is 24.3 Å². The number of rotatable bonds is 5. The highest BCUT2D eigenvalue weighted by Gasteiger charge is 2.17. The van der Waals surface area contributed by atoms with Crippen molar-refractivity contribution in [2.45, 2.75) is 33.2 Å². The quantitative estimate of drug-likeness (QED) is 0.879. The zero-order valence-electron chi connectivity index (χ0n) is 12.5. The van der Waals surface area contributed by atoms with Crippen molar-refractivity contribution in [3.8, 4) is 0 Å². The summed E-state index contributed by atoms with van der Waals surface area (Å²) in [6.45, 7) is 12.1. The molecule has 1 aliphatic heterocycles. The Kier molecular flexibility index (Phi) is 5.08. The number of anilines is 2. The summed E-state index contributed by atoms with van der Waals surface area (Å²) in [6, 6.07) is 9.69. The Hall–Kier alpha value is -1.22. The molecule has 1 unspecified atom stereocenters. The monoisotopic (exact) mass is 261 g/mol. The van der Waals surface area contributed by atoms with Crippen molar-refractivity contribution in [2.75, 3.05) is 42.5 Å². The molecule has 0 aliphatic carbocycles. The lowest BCUT2D eigenvalue weighted by molar-refractivity contribution is 0.447. The van der Waals surface area contributed by atoms with Gasteiger partial charge in [-0.25, -0.2) is 0 Å². The fraction of sp³-hybridized carbons (Fsp3) is 0.625. The van der Waals surface area contributed by atoms with E-state index in [2.05, 4.69) is 60.2 Å². The summed E-state index contributed by atoms with van der Waals surface area (Å²) in [6.07, 6.45) is 1.20. The van der Waals surface area contributed by atoms with Crippen molar-refractivity contribution in [1.29, 1.82) is 0 Å². The highest BCUT2D eigenvalue weighted by molar-refractivity contribution is 5.56. The fourth-order valence-corrected chi connectivity index (χ4v) is 2.80. The highest BCUT2D eigenvalue weighted by atomic mass is 15.2. The van der Waals surface area contributed by atoms with Gasteiger partial charge in [0.15, 0.2) is 0 Å². The van der Waals surface area contributed by atoms with Gasteiger partial charge in [-0.2, -0.15) is 0 Å². The summed E-state index contributed by atoms with van der Waals surface area (Å²) in [5.41, 5.74) is 2.69. The van der Waals surface area contributed by atoms with E-state index < -0.39 is 0 Å². The first-order valence-electron chi connectivity index (χ1n) is 7.61. The highest BCUT2D eigenvalue weighted by Crippen LogP contribution is 2.22. The van der Waals surface area contributed by atoms with E-state index in [1.165, 1.54) is 17.8 Å². The van der Waals surface area contributed by atoms with Gasteiger partial charge in [0.25, 0.3) is 0 Å². The van der Waals surface area contributed by atoms with E-state index in [-0.39, 0.29) is 0 Å². The van der Waals surface area contributed by atoms with E-state index in [0.29, 0.717) is 6.04 Å². The maximum atomic E-state index is 3.57. The minimum absolute atomic E-state index is 0.635. The third-order valence-corrected chi connectivity index (χ3v) is 4.09. The Bertz CT molecular complexity index is 370. The fourth-order valence-electron chi connectivity index (χ4n) is 2.80. The lowest BCUT2D eigenvalue weighted by Crippen LogP contribution is -2.50. The van der Waals surface area contributed by atoms with Crippen LogP contribution in [0.1, 0.15) is 27.2 Å². The molecule has 0 bridgehead atoms. The maximum Gasteiger partial charge on any atom is 0.0368 e. The maximum absolute atomic E-state index is 3.57. The van der Waals surface area contributed by atoms with E-state index in [9.17, 15) is 0 Å². The average Bonchev–Trinajstić information content (AvgIpc) is 2.49. The van der Waals surface area contributed by atoms with Crippen LogP contribution >= 0.6 is 0 Å². The molecule has 1 aromatic carbocycles. The number of nitrogens with one attached hydrogen (secondary N) is 1. The summed E-state index contributed by atoms with van der Waals surface area (Å²) >= 11 is 0. The number of hydrogen-bond donors (Lipinski definition) is 1. The van der Waals surface area contributed by atoms with Crippen LogP contribution in [0.25, 0.3) is 0 Å². The molecule has 0 aromatic heterocycles. The molecule has 1 atom stereocenters. The molecular weight excluding hydrogens is 234 g/mol. The molecule has 3 heteroatoms. The van der Waals surface area contributed by atoms with Crippen LogP contribution in [0.2, 0.25) is 0 Å². The van der Waals surface area contributed by atoms with Crippen LogP contribution in [0.15, 0.2) is 24.3 Å². The zero-order chi connectivity index (χ0) is 13.7. The molecular formula is C16H27N3. The summed E-state index contributed by atoms with van der Waals surface area (Å²) in [5, 5.41) is 3.57. The van der Waals surface area contributed by atoms with Gasteiger partial charge >= 0.3 is 0 Å². The molecule has 106 valence electrons. The first-order chi connectivity index (χ1) is 9.28. The smallest absolute Gasteiger partial charge is 0.0368 e. The summed E-state index contributed by atoms with van der Waals surface area (Å²) in [7, 11) is 0. The van der Waals surface area contributed by atoms with Gasteiger partial charge in [0.1, 0.15) is 0 Å². The van der Waals surface area contributed by atoms with Gasteiger partial charge in [0, 0.05) is 50.1 Å². The lowest BCUT2D eigenvalue weighted by Gasteiger charge is -2.35. The van der Waals surface area contributed by atoms with Crippen LogP contribution in [-0.4, -0.2) is 38.8 Å². The van der Waals surface area contributed by atoms with E-state index in [1.807, 2.05) is 0 Å². The van der Waals surface area contributed by atoms with Gasteiger partial charge in [-0.3, -0.25) is 0 Å². The molecule has 0 radical (unpaired) electrons. The average molecular weight is 261 g/mol. The summed E-state index contributed by atoms with van der Waals surface area (Å²) < 4.78 is 0. The summed E-state index contributed by atoms with van der Waals surface area (Å²) in [5.74, 6) is 0. The van der Waals surface area contributed by atoms with Crippen LogP contribution in [0.3, 0.4) is 0 Å². The second-order valence-corrected chi connectivity index (χ2v) is 5.19. The third-order valence-electron chi connectivity index (χ3n) is 4.09. The largest absolute Gasteiger partial charge is 0.372 e. The molecule has 1 fully saturated rings. The van der Waals surface area contributed by atoms with E-state index >= 15 is 0 Å². The molecule has 19 heavy (non-hydrogen) atoms. The topological polar surface area (TPSA) is 18.5 Å². The second-order valence-electron chi connectivity index (χ2n) is 5.19. The molecule has 1 aliphatic rings. The van der Waals surface area contributed by atoms with Crippen LogP contribution in [0, 0.1) is 0 Å². The minimum Gasteiger partial charge on any atom is -0.372 e. The van der Waals surface area contributed by atoms with E-state index in [4.69, 9.17) is 0 Å². The van der Waals surface area contributed by atoms with Crippen molar-refractivity contribution in [3.63, 3.8) is 0 Å². The van der Waals surface area contributed by atoms with Gasteiger partial charge in [0.2, 0.25) is 0 Å². The Morgan fingerprint density at radius 2 is 1.84 bits per heavy atom. The second kappa shape index (κ2) is 6.80. The molecule has 1 N–H and O–H groups in total. The van der Waals surface area contributed by atoms with Gasteiger partial charge < -0.3 is 15.1 Å². The molecule has 3 nitrogen and oxygen atoms in total. The first-order valence-corrected chi connectivity index (χ1v) is 7.61. The van der Waals surface area contributed by atoms with Crippen LogP contribution in [0.5, 0.6) is 0 Å². The van der Waals surface area contributed by atoms with Crippen molar-refractivity contribution >= 4 is 11.4 Å². The van der Waals surface area contributed by atoms with E-state index in [0.717, 1.165) is 32.7 Å². The molecule has 1 saturated heterocycles. The van der Waals surface area contributed by atoms with E-state index in [1.54, 1.807) is 0 Å². The predicted molar refractivity (Wildman–Crippen MR) is 84.3 cm³/mol. The lowest BCUT2D eigenvalue weighted by atomic mass is 10.1. The third kappa shape index (κ3) is 3.41. The Labute approximate surface area is 117 Å². The minimum atomic E-state index is 0.635. The number of benzene rings is 1. The SMILES string of the molecule is CCC1CN(c2ccc(N(CC)CC)cc2)CCN1. The first kappa shape index (κ1) is 14.2. The summed E-state index contributed by atoms with van der Waals surface area (Å²) in [4.78, 5) is 4.88. The Morgan fingerprint density at radius 1 is 1.16 bits per heavy atom. The predicted octanol–water partition coefficient (Wildman–Crippen LogP) is 2.72. The van der Waals surface area contributed by atoms with Gasteiger partial charge in [-0.05, 0) is 44.5 Å². The van der Waals surface area contributed by atoms with Gasteiger partial charge in [-0.15, -0.1) is 0 Å². The standard InChI is InChI=1S/C16H27N3/c1-4-14-13-19(12-11-17-14)16-9-7-15(8-10-16)18(5-2)6-3/h7-10,14,17H,4-6,11-13H2,1-3H3. The van der Waals surface area contributed by atoms with Crippen molar-refractivity contribution in [1.82, 2.24) is 5.32 Å². The van der Waals surface area contributed by atoms with Crippen LogP contribution in [-0.2, 0) is 0 Å². The van der Waals surface area contributed by atoms with Crippen LogP contribution < -0.4 is 15.1 Å². The molecule has 2 rings (SSSR count). The molecule has 0 spiro atoms. The Morgan fingerprint density at radius 3 is 2.42 bits per heavy atom. The number of nitrogens with zero attached hydrogens (tertiary/aromatic N) is 2. The molecule has 1 heterocycles. The molecule has 1 aromatic rings. The van der Waals surface area contributed by atoms with Crippen molar-refractivity contribution in [2.24, 2.45) is 0 Å². The van der Waals surface area contributed by atoms with Crippen molar-refractivity contribution < 1.29 is 0 Å². The Balaban J connectivity index is 2.05.